The standard InChI is InChI=1S/C20H23ClFN5O2/c21-16-2-1-3-17(22)15(16)4-18(29)27-9-14-8-26(10-20(14,11-27)12-28)7-13-5-24-19(23)25-6-13/h1-3,5-6,14,28H,4,7-12H2,(H2,23,24,25). The van der Waals surface area contributed by atoms with Crippen molar-refractivity contribution in [2.45, 2.75) is 13.0 Å². The number of hydrogen-bond donors (Lipinski definition) is 2. The number of fused-ring (bicyclic) bond motifs is 1. The largest absolute Gasteiger partial charge is 0.396 e. The molecule has 2 fully saturated rings. The minimum atomic E-state index is -0.473. The van der Waals surface area contributed by atoms with Crippen LogP contribution in [0.1, 0.15) is 11.1 Å². The Hall–Kier alpha value is -2.29. The van der Waals surface area contributed by atoms with E-state index in [2.05, 4.69) is 14.9 Å². The summed E-state index contributed by atoms with van der Waals surface area (Å²) in [5, 5.41) is 10.4. The molecule has 1 aromatic carbocycles. The zero-order valence-corrected chi connectivity index (χ0v) is 16.6. The van der Waals surface area contributed by atoms with Crippen LogP contribution in [0.2, 0.25) is 5.02 Å². The molecule has 2 aliphatic heterocycles. The Morgan fingerprint density at radius 1 is 1.31 bits per heavy atom. The van der Waals surface area contributed by atoms with Crippen LogP contribution in [0.25, 0.3) is 0 Å². The topological polar surface area (TPSA) is 95.6 Å². The Kier molecular flexibility index (Phi) is 5.42. The van der Waals surface area contributed by atoms with Gasteiger partial charge in [0.05, 0.1) is 13.0 Å². The number of halogens is 2. The van der Waals surface area contributed by atoms with E-state index in [1.165, 1.54) is 12.1 Å². The van der Waals surface area contributed by atoms with Gasteiger partial charge in [0.15, 0.2) is 0 Å². The average molecular weight is 420 g/mol. The number of anilines is 1. The summed E-state index contributed by atoms with van der Waals surface area (Å²) in [6, 6.07) is 4.41. The SMILES string of the molecule is Nc1ncc(CN2CC3CN(C(=O)Cc4c(F)cccc4Cl)CC3(CO)C2)cn1. The number of nitrogens with two attached hydrogens (primary N) is 1. The van der Waals surface area contributed by atoms with Crippen LogP contribution in [0.15, 0.2) is 30.6 Å². The molecule has 2 atom stereocenters. The molecule has 1 amide bonds. The van der Waals surface area contributed by atoms with Crippen molar-refractivity contribution in [3.05, 3.63) is 52.6 Å². The summed E-state index contributed by atoms with van der Waals surface area (Å²) < 4.78 is 14.0. The molecule has 2 unspecified atom stereocenters. The first-order chi connectivity index (χ1) is 13.9. The van der Waals surface area contributed by atoms with Crippen molar-refractivity contribution in [2.75, 3.05) is 38.5 Å². The molecule has 3 heterocycles. The Morgan fingerprint density at radius 2 is 2.07 bits per heavy atom. The van der Waals surface area contributed by atoms with Crippen molar-refractivity contribution in [1.82, 2.24) is 19.8 Å². The monoisotopic (exact) mass is 419 g/mol. The predicted octanol–water partition coefficient (Wildman–Crippen LogP) is 1.35. The Morgan fingerprint density at radius 3 is 2.72 bits per heavy atom. The van der Waals surface area contributed by atoms with Crippen LogP contribution in [-0.2, 0) is 17.8 Å². The molecule has 2 aromatic rings. The molecule has 154 valence electrons. The molecule has 0 saturated carbocycles. The van der Waals surface area contributed by atoms with E-state index < -0.39 is 5.82 Å². The molecule has 0 bridgehead atoms. The van der Waals surface area contributed by atoms with E-state index in [4.69, 9.17) is 17.3 Å². The van der Waals surface area contributed by atoms with Crippen molar-refractivity contribution in [3.63, 3.8) is 0 Å². The molecule has 0 aliphatic carbocycles. The highest BCUT2D eigenvalue weighted by molar-refractivity contribution is 6.31. The maximum atomic E-state index is 14.0. The number of carbonyl (C=O) groups excluding carboxylic acids is 1. The number of carbonyl (C=O) groups is 1. The minimum Gasteiger partial charge on any atom is -0.396 e. The number of aliphatic hydroxyl groups is 1. The summed E-state index contributed by atoms with van der Waals surface area (Å²) in [5.74, 6) is -0.248. The van der Waals surface area contributed by atoms with Gasteiger partial charge in [-0.3, -0.25) is 9.69 Å². The molecular weight excluding hydrogens is 397 g/mol. The van der Waals surface area contributed by atoms with Gasteiger partial charge in [-0.25, -0.2) is 14.4 Å². The summed E-state index contributed by atoms with van der Waals surface area (Å²) in [6.07, 6.45) is 3.33. The lowest BCUT2D eigenvalue weighted by atomic mass is 9.82. The number of hydrogen-bond acceptors (Lipinski definition) is 6. The average Bonchev–Trinajstić information content (AvgIpc) is 3.21. The molecule has 1 aromatic heterocycles. The van der Waals surface area contributed by atoms with Gasteiger partial charge in [0, 0.05) is 66.7 Å². The highest BCUT2D eigenvalue weighted by Gasteiger charge is 2.53. The van der Waals surface area contributed by atoms with Crippen molar-refractivity contribution in [1.29, 1.82) is 0 Å². The number of nitrogens with zero attached hydrogens (tertiary/aromatic N) is 4. The number of aliphatic hydroxyl groups excluding tert-OH is 1. The van der Waals surface area contributed by atoms with E-state index in [0.717, 1.165) is 12.1 Å². The van der Waals surface area contributed by atoms with E-state index in [1.807, 2.05) is 0 Å². The van der Waals surface area contributed by atoms with Gasteiger partial charge in [0.1, 0.15) is 5.82 Å². The smallest absolute Gasteiger partial charge is 0.227 e. The van der Waals surface area contributed by atoms with Gasteiger partial charge < -0.3 is 15.7 Å². The fraction of sp³-hybridized carbons (Fsp3) is 0.450. The third-order valence-corrected chi connectivity index (χ3v) is 6.37. The number of likely N-dealkylation sites (tertiary alicyclic amines) is 2. The van der Waals surface area contributed by atoms with Crippen LogP contribution in [0.5, 0.6) is 0 Å². The first-order valence-electron chi connectivity index (χ1n) is 9.50. The fourth-order valence-electron chi connectivity index (χ4n) is 4.49. The summed E-state index contributed by atoms with van der Waals surface area (Å²) >= 11 is 6.06. The van der Waals surface area contributed by atoms with E-state index in [0.29, 0.717) is 26.2 Å². The lowest BCUT2D eigenvalue weighted by molar-refractivity contribution is -0.130. The minimum absolute atomic E-state index is 0.00333. The molecule has 7 nitrogen and oxygen atoms in total. The van der Waals surface area contributed by atoms with Crippen LogP contribution < -0.4 is 5.73 Å². The normalized spacial score (nSPS) is 24.1. The quantitative estimate of drug-likeness (QED) is 0.759. The van der Waals surface area contributed by atoms with E-state index in [-0.39, 0.29) is 46.8 Å². The fourth-order valence-corrected chi connectivity index (χ4v) is 4.72. The van der Waals surface area contributed by atoms with Gasteiger partial charge in [-0.15, -0.1) is 0 Å². The van der Waals surface area contributed by atoms with Gasteiger partial charge >= 0.3 is 0 Å². The van der Waals surface area contributed by atoms with Crippen molar-refractivity contribution >= 4 is 23.5 Å². The molecule has 0 spiro atoms. The zero-order valence-electron chi connectivity index (χ0n) is 15.9. The molecule has 2 saturated heterocycles. The molecular formula is C20H23ClFN5O2. The second-order valence-electron chi connectivity index (χ2n) is 7.99. The van der Waals surface area contributed by atoms with Gasteiger partial charge in [-0.05, 0) is 18.1 Å². The van der Waals surface area contributed by atoms with E-state index in [9.17, 15) is 14.3 Å². The lowest BCUT2D eigenvalue weighted by Gasteiger charge is -2.27. The Labute approximate surface area is 173 Å². The number of amides is 1. The first kappa shape index (κ1) is 20.0. The first-order valence-corrected chi connectivity index (χ1v) is 9.88. The highest BCUT2D eigenvalue weighted by atomic mass is 35.5. The summed E-state index contributed by atoms with van der Waals surface area (Å²) in [5.41, 5.74) is 6.33. The molecule has 29 heavy (non-hydrogen) atoms. The van der Waals surface area contributed by atoms with Gasteiger partial charge in [0.2, 0.25) is 11.9 Å². The van der Waals surface area contributed by atoms with Crippen LogP contribution in [0, 0.1) is 17.2 Å². The second kappa shape index (κ2) is 7.85. The molecule has 2 aliphatic rings. The Bertz CT molecular complexity index is 892. The predicted molar refractivity (Wildman–Crippen MR) is 106 cm³/mol. The van der Waals surface area contributed by atoms with Crippen LogP contribution >= 0.6 is 11.6 Å². The zero-order chi connectivity index (χ0) is 20.6. The third kappa shape index (κ3) is 3.92. The second-order valence-corrected chi connectivity index (χ2v) is 8.39. The maximum Gasteiger partial charge on any atom is 0.227 e. The van der Waals surface area contributed by atoms with Crippen LogP contribution in [-0.4, -0.2) is 63.6 Å². The van der Waals surface area contributed by atoms with Gasteiger partial charge in [-0.2, -0.15) is 0 Å². The number of benzene rings is 1. The molecule has 9 heteroatoms. The molecule has 0 radical (unpaired) electrons. The van der Waals surface area contributed by atoms with Crippen molar-refractivity contribution < 1.29 is 14.3 Å². The van der Waals surface area contributed by atoms with E-state index in [1.54, 1.807) is 23.4 Å². The van der Waals surface area contributed by atoms with Crippen LogP contribution in [0.4, 0.5) is 10.3 Å². The molecule has 4 rings (SSSR count). The van der Waals surface area contributed by atoms with Crippen molar-refractivity contribution in [2.24, 2.45) is 11.3 Å². The maximum absolute atomic E-state index is 14.0. The summed E-state index contributed by atoms with van der Waals surface area (Å²) in [7, 11) is 0. The van der Waals surface area contributed by atoms with E-state index >= 15 is 0 Å². The summed E-state index contributed by atoms with van der Waals surface area (Å²) in [6.45, 7) is 3.08. The van der Waals surface area contributed by atoms with Gasteiger partial charge in [-0.1, -0.05) is 17.7 Å². The third-order valence-electron chi connectivity index (χ3n) is 6.02. The van der Waals surface area contributed by atoms with Crippen molar-refractivity contribution in [3.8, 4) is 0 Å². The highest BCUT2D eigenvalue weighted by Crippen LogP contribution is 2.42. The number of nitrogen functional groups attached to an aromatic ring is 1. The Balaban J connectivity index is 1.41. The van der Waals surface area contributed by atoms with Crippen LogP contribution in [0.3, 0.4) is 0 Å². The molecule has 3 N–H and O–H groups in total. The summed E-state index contributed by atoms with van der Waals surface area (Å²) in [4.78, 5) is 24.8. The number of rotatable bonds is 5. The lowest BCUT2D eigenvalue weighted by Crippen LogP contribution is -2.39. The number of aromatic nitrogens is 2. The van der Waals surface area contributed by atoms with Gasteiger partial charge in [0.25, 0.3) is 0 Å².